The van der Waals surface area contributed by atoms with Crippen LogP contribution < -0.4 is 5.32 Å². The summed E-state index contributed by atoms with van der Waals surface area (Å²) in [7, 11) is 0. The first-order valence-corrected chi connectivity index (χ1v) is 11.0. The van der Waals surface area contributed by atoms with Crippen molar-refractivity contribution < 1.29 is 14.0 Å². The van der Waals surface area contributed by atoms with Crippen LogP contribution in [0.15, 0.2) is 66.9 Å². The third-order valence-corrected chi connectivity index (χ3v) is 6.10. The van der Waals surface area contributed by atoms with Gasteiger partial charge in [0.15, 0.2) is 0 Å². The maximum Gasteiger partial charge on any atom is 0.270 e. The van der Waals surface area contributed by atoms with E-state index in [2.05, 4.69) is 5.32 Å². The number of rotatable bonds is 6. The number of aryl methyl sites for hydroxylation is 1. The number of hydrogen-bond acceptors (Lipinski definition) is 2. The van der Waals surface area contributed by atoms with Crippen LogP contribution in [0.3, 0.4) is 0 Å². The van der Waals surface area contributed by atoms with Crippen molar-refractivity contribution in [1.82, 2.24) is 14.8 Å². The van der Waals surface area contributed by atoms with Crippen LogP contribution in [0.2, 0.25) is 0 Å². The summed E-state index contributed by atoms with van der Waals surface area (Å²) in [4.78, 5) is 27.5. The summed E-state index contributed by atoms with van der Waals surface area (Å²) in [5, 5.41) is 2.91. The highest BCUT2D eigenvalue weighted by Gasteiger charge is 2.28. The molecule has 0 bridgehead atoms. The van der Waals surface area contributed by atoms with Gasteiger partial charge in [-0.3, -0.25) is 9.59 Å². The maximum atomic E-state index is 13.7. The highest BCUT2D eigenvalue weighted by atomic mass is 19.1. The minimum Gasteiger partial charge on any atom is -0.352 e. The van der Waals surface area contributed by atoms with E-state index in [1.54, 1.807) is 13.0 Å². The molecule has 1 aromatic heterocycles. The number of piperidine rings is 1. The van der Waals surface area contributed by atoms with Crippen molar-refractivity contribution in [2.24, 2.45) is 5.92 Å². The number of carbonyl (C=O) groups is 2. The number of amides is 2. The fourth-order valence-electron chi connectivity index (χ4n) is 4.11. The number of nitrogens with one attached hydrogen (secondary N) is 1. The Bertz CT molecular complexity index is 1090. The second-order valence-corrected chi connectivity index (χ2v) is 8.37. The number of nitrogens with zero attached hydrogens (tertiary/aromatic N) is 2. The molecule has 1 aliphatic rings. The summed E-state index contributed by atoms with van der Waals surface area (Å²) in [5.41, 5.74) is 3.14. The van der Waals surface area contributed by atoms with Gasteiger partial charge in [0.05, 0.1) is 0 Å². The van der Waals surface area contributed by atoms with Crippen molar-refractivity contribution >= 4 is 11.8 Å². The Morgan fingerprint density at radius 1 is 1.00 bits per heavy atom. The molecule has 2 amide bonds. The maximum absolute atomic E-state index is 13.7. The van der Waals surface area contributed by atoms with Crippen LogP contribution >= 0.6 is 0 Å². The topological polar surface area (TPSA) is 54.3 Å². The lowest BCUT2D eigenvalue weighted by Crippen LogP contribution is -2.43. The van der Waals surface area contributed by atoms with Gasteiger partial charge in [-0.1, -0.05) is 42.5 Å². The minimum absolute atomic E-state index is 0.0000742. The lowest BCUT2D eigenvalue weighted by molar-refractivity contribution is -0.126. The molecule has 166 valence electrons. The van der Waals surface area contributed by atoms with Gasteiger partial charge in [0.25, 0.3) is 5.91 Å². The van der Waals surface area contributed by atoms with Gasteiger partial charge in [0, 0.05) is 38.3 Å². The molecule has 0 atom stereocenters. The van der Waals surface area contributed by atoms with E-state index >= 15 is 0 Å². The van der Waals surface area contributed by atoms with Gasteiger partial charge in [-0.2, -0.15) is 0 Å². The second-order valence-electron chi connectivity index (χ2n) is 8.37. The normalized spacial score (nSPS) is 14.4. The zero-order valence-electron chi connectivity index (χ0n) is 18.3. The smallest absolute Gasteiger partial charge is 0.270 e. The van der Waals surface area contributed by atoms with Crippen molar-refractivity contribution in [3.63, 3.8) is 0 Å². The molecule has 1 saturated heterocycles. The molecule has 32 heavy (non-hydrogen) atoms. The fourth-order valence-corrected chi connectivity index (χ4v) is 4.11. The minimum atomic E-state index is -0.263. The number of hydrogen-bond donors (Lipinski definition) is 1. The van der Waals surface area contributed by atoms with Crippen molar-refractivity contribution in [1.29, 1.82) is 0 Å². The van der Waals surface area contributed by atoms with Gasteiger partial charge in [0.2, 0.25) is 5.91 Å². The predicted octanol–water partition coefficient (Wildman–Crippen LogP) is 4.15. The number of halogens is 1. The molecular formula is C26H28FN3O2. The van der Waals surface area contributed by atoms with Crippen LogP contribution in [-0.2, 0) is 17.9 Å². The van der Waals surface area contributed by atoms with Crippen LogP contribution in [0, 0.1) is 18.7 Å². The van der Waals surface area contributed by atoms with E-state index in [9.17, 15) is 14.0 Å². The van der Waals surface area contributed by atoms with Gasteiger partial charge in [-0.25, -0.2) is 4.39 Å². The Kier molecular flexibility index (Phi) is 6.69. The third-order valence-electron chi connectivity index (χ3n) is 6.10. The monoisotopic (exact) mass is 433 g/mol. The fraction of sp³-hybridized carbons (Fsp3) is 0.308. The summed E-state index contributed by atoms with van der Waals surface area (Å²) in [6, 6.07) is 18.8. The molecule has 0 spiro atoms. The summed E-state index contributed by atoms with van der Waals surface area (Å²) in [5.74, 6) is -0.434. The average molecular weight is 434 g/mol. The third kappa shape index (κ3) is 5.07. The van der Waals surface area contributed by atoms with Gasteiger partial charge in [0.1, 0.15) is 11.5 Å². The first kappa shape index (κ1) is 21.8. The Labute approximate surface area is 187 Å². The molecule has 6 heteroatoms. The van der Waals surface area contributed by atoms with E-state index in [0.29, 0.717) is 50.3 Å². The summed E-state index contributed by atoms with van der Waals surface area (Å²) < 4.78 is 15.7. The largest absolute Gasteiger partial charge is 0.352 e. The predicted molar refractivity (Wildman–Crippen MR) is 122 cm³/mol. The molecule has 1 fully saturated rings. The SMILES string of the molecule is Cc1ccc(CNC(=O)C2CCN(C(=O)c3cccn3Cc3ccccc3)CC2)cc1F. The van der Waals surface area contributed by atoms with Gasteiger partial charge < -0.3 is 14.8 Å². The number of aromatic nitrogens is 1. The van der Waals surface area contributed by atoms with Crippen LogP contribution in [0.25, 0.3) is 0 Å². The van der Waals surface area contributed by atoms with Crippen LogP contribution in [0.4, 0.5) is 4.39 Å². The zero-order valence-corrected chi connectivity index (χ0v) is 18.3. The van der Waals surface area contributed by atoms with E-state index in [-0.39, 0.29) is 23.5 Å². The first-order chi connectivity index (χ1) is 15.5. The van der Waals surface area contributed by atoms with E-state index in [0.717, 1.165) is 11.1 Å². The standard InChI is InChI=1S/C26H28FN3O2/c1-19-9-10-21(16-23(19)27)17-28-25(31)22-11-14-29(15-12-22)26(32)24-8-5-13-30(24)18-20-6-3-2-4-7-20/h2-10,13,16,22H,11-12,14-15,17-18H2,1H3,(H,28,31). The molecule has 1 N–H and O–H groups in total. The van der Waals surface area contributed by atoms with Crippen LogP contribution in [0.1, 0.15) is 40.0 Å². The van der Waals surface area contributed by atoms with Crippen LogP contribution in [-0.4, -0.2) is 34.4 Å². The lowest BCUT2D eigenvalue weighted by atomic mass is 9.95. The average Bonchev–Trinajstić information content (AvgIpc) is 3.28. The van der Waals surface area contributed by atoms with Crippen molar-refractivity contribution in [2.45, 2.75) is 32.9 Å². The van der Waals surface area contributed by atoms with Crippen molar-refractivity contribution in [2.75, 3.05) is 13.1 Å². The second kappa shape index (κ2) is 9.81. The number of likely N-dealkylation sites (tertiary alicyclic amines) is 1. The first-order valence-electron chi connectivity index (χ1n) is 11.0. The molecule has 1 aliphatic heterocycles. The van der Waals surface area contributed by atoms with Gasteiger partial charge in [-0.05, 0) is 54.7 Å². The Hall–Kier alpha value is -3.41. The van der Waals surface area contributed by atoms with Gasteiger partial charge >= 0.3 is 0 Å². The summed E-state index contributed by atoms with van der Waals surface area (Å²) in [6.45, 7) is 3.76. The highest BCUT2D eigenvalue weighted by molar-refractivity contribution is 5.93. The van der Waals surface area contributed by atoms with Crippen LogP contribution in [0.5, 0.6) is 0 Å². The van der Waals surface area contributed by atoms with Crippen molar-refractivity contribution in [3.8, 4) is 0 Å². The quantitative estimate of drug-likeness (QED) is 0.635. The summed E-state index contributed by atoms with van der Waals surface area (Å²) in [6.07, 6.45) is 3.17. The van der Waals surface area contributed by atoms with Crippen molar-refractivity contribution in [3.05, 3.63) is 95.1 Å². The Morgan fingerprint density at radius 2 is 1.75 bits per heavy atom. The Balaban J connectivity index is 1.30. The van der Waals surface area contributed by atoms with Gasteiger partial charge in [-0.15, -0.1) is 0 Å². The zero-order chi connectivity index (χ0) is 22.5. The highest BCUT2D eigenvalue weighted by Crippen LogP contribution is 2.20. The molecule has 2 aromatic carbocycles. The van der Waals surface area contributed by atoms with E-state index in [4.69, 9.17) is 0 Å². The van der Waals surface area contributed by atoms with E-state index < -0.39 is 0 Å². The number of benzene rings is 2. The Morgan fingerprint density at radius 3 is 2.47 bits per heavy atom. The molecule has 0 radical (unpaired) electrons. The van der Waals surface area contributed by atoms with E-state index in [1.807, 2.05) is 64.2 Å². The molecule has 3 aromatic rings. The molecule has 4 rings (SSSR count). The number of carbonyl (C=O) groups excluding carboxylic acids is 2. The molecule has 0 unspecified atom stereocenters. The molecule has 5 nitrogen and oxygen atoms in total. The molecule has 0 saturated carbocycles. The van der Waals surface area contributed by atoms with E-state index in [1.165, 1.54) is 6.07 Å². The lowest BCUT2D eigenvalue weighted by Gasteiger charge is -2.31. The molecule has 0 aliphatic carbocycles. The molecular weight excluding hydrogens is 405 g/mol. The summed E-state index contributed by atoms with van der Waals surface area (Å²) >= 11 is 0. The molecule has 2 heterocycles.